The molecule has 0 unspecified atom stereocenters. The number of aryl methyl sites for hydroxylation is 1. The van der Waals surface area contributed by atoms with Gasteiger partial charge < -0.3 is 5.32 Å². The van der Waals surface area contributed by atoms with E-state index in [1.165, 1.54) is 11.1 Å². The fraction of sp³-hybridized carbons (Fsp3) is 0.714. The molecule has 5 nitrogen and oxygen atoms in total. The molecule has 2 amide bonds. The number of aromatic amines is 1. The molecule has 0 atom stereocenters. The van der Waals surface area contributed by atoms with Crippen molar-refractivity contribution in [2.75, 3.05) is 11.4 Å². The molecule has 1 fully saturated rings. The van der Waals surface area contributed by atoms with Crippen LogP contribution in [0, 0.1) is 0 Å². The number of hydrogen-bond acceptors (Lipinski definition) is 2. The highest BCUT2D eigenvalue weighted by molar-refractivity contribution is 5.93. The number of urea groups is 1. The molecule has 2 N–H and O–H groups in total. The molecule has 0 bridgehead atoms. The molecular weight excluding hydrogens is 297 g/mol. The first-order valence-corrected chi connectivity index (χ1v) is 7.62. The third kappa shape index (κ3) is 2.55. The van der Waals surface area contributed by atoms with Crippen LogP contribution in [0.4, 0.5) is 23.7 Å². The molecular formula is C14H19F3N4O. The predicted molar refractivity (Wildman–Crippen MR) is 74.7 cm³/mol. The molecule has 1 aliphatic carbocycles. The Morgan fingerprint density at radius 3 is 2.68 bits per heavy atom. The molecule has 1 aromatic rings. The average Bonchev–Trinajstić information content (AvgIpc) is 2.95. The standard InChI is InChI=1S/C14H19F3N4O/c15-14(16,17)13(6-2-1-3-7-13)19-12(22)21-8-4-5-10-11(21)9-18-20-10/h9H,1-8H2,(H,18,20)(H,19,22). The Bertz CT molecular complexity index is 549. The number of halogens is 3. The summed E-state index contributed by atoms with van der Waals surface area (Å²) < 4.78 is 40.5. The first-order chi connectivity index (χ1) is 10.4. The third-order valence-corrected chi connectivity index (χ3v) is 4.64. The monoisotopic (exact) mass is 316 g/mol. The number of carbonyl (C=O) groups is 1. The van der Waals surface area contributed by atoms with Crippen LogP contribution in [0.3, 0.4) is 0 Å². The smallest absolute Gasteiger partial charge is 0.323 e. The first-order valence-electron chi connectivity index (χ1n) is 7.62. The molecule has 1 saturated carbocycles. The lowest BCUT2D eigenvalue weighted by Crippen LogP contribution is -2.62. The minimum absolute atomic E-state index is 0.0473. The Hall–Kier alpha value is -1.73. The van der Waals surface area contributed by atoms with Crippen LogP contribution in [0.15, 0.2) is 6.20 Å². The van der Waals surface area contributed by atoms with E-state index >= 15 is 0 Å². The van der Waals surface area contributed by atoms with Crippen LogP contribution in [-0.4, -0.2) is 34.5 Å². The van der Waals surface area contributed by atoms with Gasteiger partial charge in [0, 0.05) is 6.54 Å². The van der Waals surface area contributed by atoms with Gasteiger partial charge in [0.05, 0.1) is 17.6 Å². The molecule has 3 rings (SSSR count). The first kappa shape index (κ1) is 15.2. The van der Waals surface area contributed by atoms with Gasteiger partial charge in [0.1, 0.15) is 5.54 Å². The van der Waals surface area contributed by atoms with Gasteiger partial charge in [-0.05, 0) is 25.7 Å². The lowest BCUT2D eigenvalue weighted by Gasteiger charge is -2.41. The van der Waals surface area contributed by atoms with E-state index in [0.717, 1.165) is 18.5 Å². The quantitative estimate of drug-likeness (QED) is 0.836. The number of anilines is 1. The topological polar surface area (TPSA) is 61.0 Å². The van der Waals surface area contributed by atoms with Crippen LogP contribution >= 0.6 is 0 Å². The molecule has 0 radical (unpaired) electrons. The maximum atomic E-state index is 13.5. The van der Waals surface area contributed by atoms with E-state index < -0.39 is 17.7 Å². The lowest BCUT2D eigenvalue weighted by atomic mass is 9.81. The largest absolute Gasteiger partial charge is 0.411 e. The van der Waals surface area contributed by atoms with Gasteiger partial charge in [0.25, 0.3) is 0 Å². The Balaban J connectivity index is 1.81. The van der Waals surface area contributed by atoms with E-state index in [1.54, 1.807) is 0 Å². The Kier molecular flexibility index (Phi) is 3.78. The third-order valence-electron chi connectivity index (χ3n) is 4.64. The predicted octanol–water partition coefficient (Wildman–Crippen LogP) is 3.14. The van der Waals surface area contributed by atoms with Gasteiger partial charge >= 0.3 is 12.2 Å². The summed E-state index contributed by atoms with van der Waals surface area (Å²) in [6, 6.07) is -0.679. The van der Waals surface area contributed by atoms with Gasteiger partial charge in [-0.25, -0.2) is 4.79 Å². The number of rotatable bonds is 1. The van der Waals surface area contributed by atoms with Crippen molar-refractivity contribution in [3.63, 3.8) is 0 Å². The number of nitrogens with zero attached hydrogens (tertiary/aromatic N) is 2. The Morgan fingerprint density at radius 2 is 2.00 bits per heavy atom. The van der Waals surface area contributed by atoms with E-state index in [4.69, 9.17) is 0 Å². The second-order valence-electron chi connectivity index (χ2n) is 6.06. The number of H-pyrrole nitrogens is 1. The Morgan fingerprint density at radius 1 is 1.27 bits per heavy atom. The van der Waals surface area contributed by atoms with Crippen LogP contribution in [0.1, 0.15) is 44.2 Å². The van der Waals surface area contributed by atoms with Crippen LogP contribution in [0.5, 0.6) is 0 Å². The number of alkyl halides is 3. The Labute approximate surface area is 126 Å². The molecule has 1 aliphatic heterocycles. The number of fused-ring (bicyclic) bond motifs is 1. The zero-order valence-corrected chi connectivity index (χ0v) is 12.2. The summed E-state index contributed by atoms with van der Waals surface area (Å²) in [5.41, 5.74) is -0.716. The molecule has 122 valence electrons. The average molecular weight is 316 g/mol. The fourth-order valence-electron chi connectivity index (χ4n) is 3.38. The molecule has 0 saturated heterocycles. The molecule has 8 heteroatoms. The van der Waals surface area contributed by atoms with E-state index in [1.807, 2.05) is 0 Å². The maximum absolute atomic E-state index is 13.5. The zero-order chi connectivity index (χ0) is 15.8. The van der Waals surface area contributed by atoms with Crippen molar-refractivity contribution in [1.82, 2.24) is 15.5 Å². The summed E-state index contributed by atoms with van der Waals surface area (Å²) in [7, 11) is 0. The van der Waals surface area contributed by atoms with Crippen molar-refractivity contribution < 1.29 is 18.0 Å². The number of aromatic nitrogens is 2. The molecule has 2 heterocycles. The van der Waals surface area contributed by atoms with Crippen LogP contribution in [-0.2, 0) is 6.42 Å². The summed E-state index contributed by atoms with van der Waals surface area (Å²) in [6.45, 7) is 0.409. The van der Waals surface area contributed by atoms with Crippen molar-refractivity contribution in [1.29, 1.82) is 0 Å². The van der Waals surface area contributed by atoms with Crippen molar-refractivity contribution in [3.8, 4) is 0 Å². The van der Waals surface area contributed by atoms with E-state index in [-0.39, 0.29) is 12.8 Å². The summed E-state index contributed by atoms with van der Waals surface area (Å²) in [5.74, 6) is 0. The lowest BCUT2D eigenvalue weighted by molar-refractivity contribution is -0.201. The minimum atomic E-state index is -4.43. The molecule has 1 aromatic heterocycles. The molecule has 0 aromatic carbocycles. The van der Waals surface area contributed by atoms with E-state index in [9.17, 15) is 18.0 Å². The van der Waals surface area contributed by atoms with Gasteiger partial charge in [0.15, 0.2) is 0 Å². The van der Waals surface area contributed by atoms with Gasteiger partial charge in [-0.1, -0.05) is 19.3 Å². The van der Waals surface area contributed by atoms with Crippen molar-refractivity contribution in [2.45, 2.75) is 56.7 Å². The van der Waals surface area contributed by atoms with Gasteiger partial charge in [0.2, 0.25) is 0 Å². The van der Waals surface area contributed by atoms with Gasteiger partial charge in [-0.15, -0.1) is 0 Å². The highest BCUT2D eigenvalue weighted by atomic mass is 19.4. The number of amides is 2. The normalized spacial score (nSPS) is 21.3. The van der Waals surface area contributed by atoms with Gasteiger partial charge in [-0.3, -0.25) is 10.00 Å². The summed E-state index contributed by atoms with van der Waals surface area (Å²) in [5, 5.41) is 8.97. The number of hydrogen-bond donors (Lipinski definition) is 2. The second-order valence-corrected chi connectivity index (χ2v) is 6.06. The minimum Gasteiger partial charge on any atom is -0.323 e. The van der Waals surface area contributed by atoms with Gasteiger partial charge in [-0.2, -0.15) is 18.3 Å². The van der Waals surface area contributed by atoms with Crippen molar-refractivity contribution in [2.24, 2.45) is 0 Å². The molecule has 2 aliphatic rings. The van der Waals surface area contributed by atoms with Crippen LogP contribution < -0.4 is 10.2 Å². The number of carbonyl (C=O) groups excluding carboxylic acids is 1. The maximum Gasteiger partial charge on any atom is 0.411 e. The zero-order valence-electron chi connectivity index (χ0n) is 12.2. The second kappa shape index (κ2) is 5.48. The highest BCUT2D eigenvalue weighted by Crippen LogP contribution is 2.42. The number of nitrogens with one attached hydrogen (secondary N) is 2. The van der Waals surface area contributed by atoms with Crippen molar-refractivity contribution >= 4 is 11.7 Å². The van der Waals surface area contributed by atoms with Crippen molar-refractivity contribution in [3.05, 3.63) is 11.9 Å². The highest BCUT2D eigenvalue weighted by Gasteiger charge is 2.56. The summed E-state index contributed by atoms with van der Waals surface area (Å²) >= 11 is 0. The van der Waals surface area contributed by atoms with Crippen LogP contribution in [0.2, 0.25) is 0 Å². The summed E-state index contributed by atoms with van der Waals surface area (Å²) in [6.07, 6.45) is 0.178. The SMILES string of the molecule is O=C(NC1(C(F)(F)F)CCCCC1)N1CCCc2[nH]ncc21. The molecule has 22 heavy (non-hydrogen) atoms. The fourth-order valence-corrected chi connectivity index (χ4v) is 3.38. The van der Waals surface area contributed by atoms with E-state index in [0.29, 0.717) is 31.5 Å². The molecule has 0 spiro atoms. The van der Waals surface area contributed by atoms with E-state index in [2.05, 4.69) is 15.5 Å². The summed E-state index contributed by atoms with van der Waals surface area (Å²) in [4.78, 5) is 13.8. The van der Waals surface area contributed by atoms with Crippen LogP contribution in [0.25, 0.3) is 0 Å².